The van der Waals surface area contributed by atoms with Crippen molar-refractivity contribution >= 4 is 17.8 Å². The average molecular weight is 346 g/mol. The van der Waals surface area contributed by atoms with Crippen LogP contribution >= 0.6 is 0 Å². The molecule has 1 N–H and O–H groups in total. The first-order valence-corrected chi connectivity index (χ1v) is 8.44. The molecule has 1 aliphatic heterocycles. The van der Waals surface area contributed by atoms with E-state index < -0.39 is 5.97 Å². The second kappa shape index (κ2) is 7.04. The van der Waals surface area contributed by atoms with Crippen molar-refractivity contribution in [1.82, 2.24) is 24.5 Å². The molecule has 0 saturated carbocycles. The van der Waals surface area contributed by atoms with E-state index in [1.165, 1.54) is 11.0 Å². The molecule has 134 valence electrons. The Labute approximate surface area is 145 Å². The molecule has 0 saturated heterocycles. The van der Waals surface area contributed by atoms with Crippen molar-refractivity contribution in [3.05, 3.63) is 23.3 Å². The number of carbonyl (C=O) groups is 2. The van der Waals surface area contributed by atoms with Gasteiger partial charge in [0.15, 0.2) is 0 Å². The summed E-state index contributed by atoms with van der Waals surface area (Å²) in [6, 6.07) is 0.297. The number of rotatable bonds is 5. The number of anilines is 1. The minimum Gasteiger partial charge on any atom is -0.465 e. The minimum atomic E-state index is -0.402. The largest absolute Gasteiger partial charge is 0.465 e. The molecule has 0 aromatic carbocycles. The first-order valence-electron chi connectivity index (χ1n) is 8.44. The summed E-state index contributed by atoms with van der Waals surface area (Å²) in [7, 11) is 0. The Kier molecular flexibility index (Phi) is 4.82. The molecule has 0 radical (unpaired) electrons. The second-order valence-corrected chi connectivity index (χ2v) is 6.12. The van der Waals surface area contributed by atoms with Gasteiger partial charge in [-0.05, 0) is 40.0 Å². The van der Waals surface area contributed by atoms with Crippen molar-refractivity contribution in [3.8, 4) is 0 Å². The number of aryl methyl sites for hydroxylation is 1. The zero-order valence-corrected chi connectivity index (χ0v) is 14.7. The van der Waals surface area contributed by atoms with E-state index in [-0.39, 0.29) is 18.4 Å². The molecular formula is C16H22N6O3. The zero-order chi connectivity index (χ0) is 18.0. The van der Waals surface area contributed by atoms with Crippen LogP contribution in [0.2, 0.25) is 0 Å². The van der Waals surface area contributed by atoms with E-state index in [2.05, 4.69) is 27.4 Å². The molecule has 9 heteroatoms. The Morgan fingerprint density at radius 2 is 2.20 bits per heavy atom. The molecule has 0 aliphatic carbocycles. The maximum absolute atomic E-state index is 12.7. The van der Waals surface area contributed by atoms with Gasteiger partial charge in [0.1, 0.15) is 12.9 Å². The molecule has 2 aromatic heterocycles. The standard InChI is InChI=1S/C16H22N6O3/c1-4-25-13(23)8-21-9-17-16(20-21)18-15(24)14-11(3)19-22-10(2)6-5-7-12(14)22/h9-10H,4-8H2,1-3H3,(H,18,20,24). The average Bonchev–Trinajstić information content (AvgIpc) is 3.12. The Balaban J connectivity index is 1.73. The lowest BCUT2D eigenvalue weighted by atomic mass is 10.0. The van der Waals surface area contributed by atoms with Gasteiger partial charge < -0.3 is 4.74 Å². The Morgan fingerprint density at radius 3 is 2.96 bits per heavy atom. The number of nitrogens with zero attached hydrogens (tertiary/aromatic N) is 5. The summed E-state index contributed by atoms with van der Waals surface area (Å²) in [6.45, 7) is 5.94. The van der Waals surface area contributed by atoms with E-state index in [4.69, 9.17) is 4.74 Å². The van der Waals surface area contributed by atoms with Crippen LogP contribution < -0.4 is 5.32 Å². The summed E-state index contributed by atoms with van der Waals surface area (Å²) >= 11 is 0. The third-order valence-electron chi connectivity index (χ3n) is 4.22. The van der Waals surface area contributed by atoms with Crippen molar-refractivity contribution in [2.75, 3.05) is 11.9 Å². The second-order valence-electron chi connectivity index (χ2n) is 6.12. The highest BCUT2D eigenvalue weighted by atomic mass is 16.5. The number of fused-ring (bicyclic) bond motifs is 1. The summed E-state index contributed by atoms with van der Waals surface area (Å²) in [5.74, 6) is -0.528. The highest BCUT2D eigenvalue weighted by Gasteiger charge is 2.27. The van der Waals surface area contributed by atoms with E-state index in [1.807, 2.05) is 11.6 Å². The third-order valence-corrected chi connectivity index (χ3v) is 4.22. The molecule has 9 nitrogen and oxygen atoms in total. The maximum atomic E-state index is 12.7. The smallest absolute Gasteiger partial charge is 0.327 e. The molecule has 1 unspecified atom stereocenters. The Hall–Kier alpha value is -2.71. The first-order chi connectivity index (χ1) is 12.0. The predicted molar refractivity (Wildman–Crippen MR) is 89.2 cm³/mol. The van der Waals surface area contributed by atoms with E-state index in [1.54, 1.807) is 6.92 Å². The van der Waals surface area contributed by atoms with Gasteiger partial charge in [-0.1, -0.05) is 0 Å². The number of carbonyl (C=O) groups excluding carboxylic acids is 2. The molecule has 25 heavy (non-hydrogen) atoms. The summed E-state index contributed by atoms with van der Waals surface area (Å²) in [5.41, 5.74) is 2.25. The van der Waals surface area contributed by atoms with E-state index in [0.717, 1.165) is 25.0 Å². The molecule has 1 aliphatic rings. The van der Waals surface area contributed by atoms with E-state index in [0.29, 0.717) is 23.9 Å². The van der Waals surface area contributed by atoms with E-state index >= 15 is 0 Å². The summed E-state index contributed by atoms with van der Waals surface area (Å²) < 4.78 is 8.13. The van der Waals surface area contributed by atoms with Crippen LogP contribution in [-0.2, 0) is 22.5 Å². The van der Waals surface area contributed by atoms with Crippen molar-refractivity contribution in [3.63, 3.8) is 0 Å². The lowest BCUT2D eigenvalue weighted by molar-refractivity contribution is -0.144. The molecule has 2 aromatic rings. The van der Waals surface area contributed by atoms with Crippen LogP contribution in [0.4, 0.5) is 5.95 Å². The van der Waals surface area contributed by atoms with Crippen LogP contribution in [0, 0.1) is 6.92 Å². The van der Waals surface area contributed by atoms with Crippen LogP contribution in [-0.4, -0.2) is 43.0 Å². The van der Waals surface area contributed by atoms with E-state index in [9.17, 15) is 9.59 Å². The van der Waals surface area contributed by atoms with Crippen LogP contribution in [0.15, 0.2) is 6.33 Å². The number of nitrogens with one attached hydrogen (secondary N) is 1. The van der Waals surface area contributed by atoms with Gasteiger partial charge in [-0.2, -0.15) is 5.10 Å². The fraction of sp³-hybridized carbons (Fsp3) is 0.562. The fourth-order valence-corrected chi connectivity index (χ4v) is 3.11. The maximum Gasteiger partial charge on any atom is 0.327 e. The normalized spacial score (nSPS) is 16.4. The zero-order valence-electron chi connectivity index (χ0n) is 14.7. The van der Waals surface area contributed by atoms with Gasteiger partial charge in [-0.3, -0.25) is 19.6 Å². The van der Waals surface area contributed by atoms with Gasteiger partial charge in [0.2, 0.25) is 5.95 Å². The lowest BCUT2D eigenvalue weighted by Crippen LogP contribution is -2.20. The first kappa shape index (κ1) is 17.1. The van der Waals surface area contributed by atoms with Gasteiger partial charge in [0, 0.05) is 6.04 Å². The topological polar surface area (TPSA) is 104 Å². The van der Waals surface area contributed by atoms with Gasteiger partial charge in [-0.15, -0.1) is 5.10 Å². The minimum absolute atomic E-state index is 0.0452. The molecular weight excluding hydrogens is 324 g/mol. The quantitative estimate of drug-likeness (QED) is 0.823. The van der Waals surface area contributed by atoms with Crippen molar-refractivity contribution in [2.45, 2.75) is 52.6 Å². The number of hydrogen-bond acceptors (Lipinski definition) is 6. The van der Waals surface area contributed by atoms with Gasteiger partial charge >= 0.3 is 5.97 Å². The number of hydrogen-bond donors (Lipinski definition) is 1. The molecule has 0 bridgehead atoms. The number of ether oxygens (including phenoxy) is 1. The lowest BCUT2D eigenvalue weighted by Gasteiger charge is -2.21. The van der Waals surface area contributed by atoms with Gasteiger partial charge in [0.25, 0.3) is 5.91 Å². The van der Waals surface area contributed by atoms with Crippen molar-refractivity contribution < 1.29 is 14.3 Å². The Morgan fingerprint density at radius 1 is 1.40 bits per heavy atom. The molecule has 1 atom stereocenters. The van der Waals surface area contributed by atoms with Crippen LogP contribution in [0.3, 0.4) is 0 Å². The third kappa shape index (κ3) is 3.54. The van der Waals surface area contributed by atoms with Crippen LogP contribution in [0.25, 0.3) is 0 Å². The highest BCUT2D eigenvalue weighted by Crippen LogP contribution is 2.28. The summed E-state index contributed by atoms with van der Waals surface area (Å²) in [6.07, 6.45) is 4.32. The SMILES string of the molecule is CCOC(=O)Cn1cnc(NC(=O)c2c(C)nn3c2CCCC3C)n1. The van der Waals surface area contributed by atoms with Crippen molar-refractivity contribution in [1.29, 1.82) is 0 Å². The highest BCUT2D eigenvalue weighted by molar-refractivity contribution is 6.05. The predicted octanol–water partition coefficient (Wildman–Crippen LogP) is 1.50. The molecule has 0 spiro atoms. The number of amides is 1. The molecule has 1 amide bonds. The Bertz CT molecular complexity index is 794. The van der Waals surface area contributed by atoms with Crippen LogP contribution in [0.1, 0.15) is 54.5 Å². The monoisotopic (exact) mass is 346 g/mol. The molecule has 3 heterocycles. The summed E-state index contributed by atoms with van der Waals surface area (Å²) in [4.78, 5) is 28.1. The van der Waals surface area contributed by atoms with Crippen LogP contribution in [0.5, 0.6) is 0 Å². The number of esters is 1. The number of aromatic nitrogens is 5. The summed E-state index contributed by atoms with van der Waals surface area (Å²) in [5, 5.41) is 11.3. The van der Waals surface area contributed by atoms with Gasteiger partial charge in [0.05, 0.1) is 23.6 Å². The fourth-order valence-electron chi connectivity index (χ4n) is 3.11. The van der Waals surface area contributed by atoms with Gasteiger partial charge in [-0.25, -0.2) is 9.67 Å². The molecule has 3 rings (SSSR count). The van der Waals surface area contributed by atoms with Crippen molar-refractivity contribution in [2.24, 2.45) is 0 Å². The molecule has 0 fully saturated rings.